The largest absolute Gasteiger partial charge is 0.494 e. The molecule has 0 spiro atoms. The van der Waals surface area contributed by atoms with Crippen LogP contribution < -0.4 is 25.4 Å². The molecule has 1 atom stereocenters. The lowest BCUT2D eigenvalue weighted by Crippen LogP contribution is -2.42. The summed E-state index contributed by atoms with van der Waals surface area (Å²) in [6.07, 6.45) is 5.22. The van der Waals surface area contributed by atoms with Crippen LogP contribution in [0.5, 0.6) is 17.4 Å². The van der Waals surface area contributed by atoms with Crippen molar-refractivity contribution in [1.82, 2.24) is 30.0 Å². The Labute approximate surface area is 275 Å². The van der Waals surface area contributed by atoms with Crippen LogP contribution in [0.25, 0.3) is 10.9 Å². The van der Waals surface area contributed by atoms with Crippen LogP contribution >= 0.6 is 11.6 Å². The summed E-state index contributed by atoms with van der Waals surface area (Å²) in [6, 6.07) is 8.03. The van der Waals surface area contributed by atoms with E-state index in [0.717, 1.165) is 10.9 Å². The second kappa shape index (κ2) is 14.3. The van der Waals surface area contributed by atoms with Crippen molar-refractivity contribution in [2.24, 2.45) is 0 Å². The molecule has 4 aromatic rings. The van der Waals surface area contributed by atoms with E-state index >= 15 is 0 Å². The summed E-state index contributed by atoms with van der Waals surface area (Å²) in [6.45, 7) is 6.85. The average molecular weight is 669 g/mol. The maximum atomic E-state index is 14.6. The average Bonchev–Trinajstić information content (AvgIpc) is 3.56. The number of hydrogen-bond acceptors (Lipinski definition) is 9. The van der Waals surface area contributed by atoms with Gasteiger partial charge in [0.25, 0.3) is 5.88 Å². The van der Waals surface area contributed by atoms with E-state index in [2.05, 4.69) is 31.0 Å². The molecule has 15 heteroatoms. The van der Waals surface area contributed by atoms with Crippen LogP contribution in [0.3, 0.4) is 0 Å². The predicted molar refractivity (Wildman–Crippen MR) is 175 cm³/mol. The molecular weight excluding hydrogens is 634 g/mol. The normalized spacial score (nSPS) is 15.3. The molecule has 1 aliphatic rings. The molecule has 248 valence electrons. The van der Waals surface area contributed by atoms with Crippen molar-refractivity contribution in [2.75, 3.05) is 37.4 Å². The molecule has 1 saturated heterocycles. The van der Waals surface area contributed by atoms with Crippen molar-refractivity contribution in [1.29, 1.82) is 0 Å². The van der Waals surface area contributed by atoms with Crippen molar-refractivity contribution in [3.05, 3.63) is 65.8 Å². The van der Waals surface area contributed by atoms with Gasteiger partial charge in [0, 0.05) is 48.8 Å². The lowest BCUT2D eigenvalue weighted by molar-refractivity contribution is -0.123. The number of anilines is 3. The molecule has 12 nitrogen and oxygen atoms in total. The second-order valence-corrected chi connectivity index (χ2v) is 12.4. The van der Waals surface area contributed by atoms with Crippen molar-refractivity contribution in [3.63, 3.8) is 0 Å². The second-order valence-electron chi connectivity index (χ2n) is 12.0. The number of aromatic nitrogens is 4. The van der Waals surface area contributed by atoms with E-state index in [9.17, 15) is 18.4 Å². The summed E-state index contributed by atoms with van der Waals surface area (Å²) in [4.78, 5) is 35.5. The third-order valence-electron chi connectivity index (χ3n) is 6.98. The minimum absolute atomic E-state index is 0.178. The van der Waals surface area contributed by atoms with Crippen molar-refractivity contribution >= 4 is 51.5 Å². The molecule has 2 aromatic heterocycles. The van der Waals surface area contributed by atoms with Gasteiger partial charge in [0.1, 0.15) is 36.4 Å². The number of nitrogens with zero attached hydrogens (tertiary/aromatic N) is 5. The van der Waals surface area contributed by atoms with Gasteiger partial charge in [0.2, 0.25) is 17.6 Å². The summed E-state index contributed by atoms with van der Waals surface area (Å²) < 4.78 is 40.2. The van der Waals surface area contributed by atoms with Gasteiger partial charge < -0.3 is 25.4 Å². The lowest BCUT2D eigenvalue weighted by Gasteiger charge is -2.20. The Morgan fingerprint density at radius 2 is 1.98 bits per heavy atom. The van der Waals surface area contributed by atoms with E-state index < -0.39 is 17.5 Å². The van der Waals surface area contributed by atoms with Gasteiger partial charge in [-0.1, -0.05) is 17.7 Å². The molecule has 0 bridgehead atoms. The lowest BCUT2D eigenvalue weighted by atomic mass is 10.1. The zero-order valence-electron chi connectivity index (χ0n) is 26.3. The fourth-order valence-electron chi connectivity index (χ4n) is 4.92. The molecule has 2 aromatic carbocycles. The number of rotatable bonds is 11. The fraction of sp³-hybridized carbons (Fsp3) is 0.344. The Morgan fingerprint density at radius 3 is 2.68 bits per heavy atom. The first-order valence-electron chi connectivity index (χ1n) is 14.8. The zero-order chi connectivity index (χ0) is 33.7. The molecule has 3 N–H and O–H groups in total. The minimum Gasteiger partial charge on any atom is -0.494 e. The third kappa shape index (κ3) is 8.92. The van der Waals surface area contributed by atoms with Gasteiger partial charge in [-0.15, -0.1) is 5.10 Å². The first-order valence-corrected chi connectivity index (χ1v) is 15.2. The number of carbonyl (C=O) groups excluding carboxylic acids is 2. The Morgan fingerprint density at radius 1 is 1.17 bits per heavy atom. The first kappa shape index (κ1) is 33.5. The summed E-state index contributed by atoms with van der Waals surface area (Å²) in [5.41, 5.74) is 0.961. The number of hydrogen-bond donors (Lipinski definition) is 3. The van der Waals surface area contributed by atoms with Crippen LogP contribution in [0, 0.1) is 5.82 Å². The number of ether oxygens (including phenoxy) is 2. The van der Waals surface area contributed by atoms with Crippen LogP contribution in [0.4, 0.5) is 26.0 Å². The number of fused-ring (bicyclic) bond motifs is 1. The third-order valence-corrected chi connectivity index (χ3v) is 7.29. The molecule has 2 amide bonds. The Hall–Kier alpha value is -4.82. The van der Waals surface area contributed by atoms with E-state index in [4.69, 9.17) is 21.1 Å². The number of benzene rings is 2. The quantitative estimate of drug-likeness (QED) is 0.174. The van der Waals surface area contributed by atoms with E-state index in [0.29, 0.717) is 59.9 Å². The van der Waals surface area contributed by atoms with Gasteiger partial charge >= 0.3 is 0 Å². The van der Waals surface area contributed by atoms with Crippen molar-refractivity contribution in [2.45, 2.75) is 45.4 Å². The number of alkyl halides is 1. The van der Waals surface area contributed by atoms with Gasteiger partial charge in [0.15, 0.2) is 0 Å². The topological polar surface area (TPSA) is 136 Å². The zero-order valence-corrected chi connectivity index (χ0v) is 27.1. The van der Waals surface area contributed by atoms with Crippen LogP contribution in [-0.2, 0) is 16.1 Å². The van der Waals surface area contributed by atoms with Gasteiger partial charge in [-0.2, -0.15) is 4.39 Å². The van der Waals surface area contributed by atoms with E-state index in [1.165, 1.54) is 25.6 Å². The first-order chi connectivity index (χ1) is 22.4. The molecule has 3 heterocycles. The molecule has 0 aliphatic carbocycles. The summed E-state index contributed by atoms with van der Waals surface area (Å²) in [5, 5.41) is 13.6. The van der Waals surface area contributed by atoms with E-state index in [-0.39, 0.29) is 35.0 Å². The molecule has 1 aliphatic heterocycles. The van der Waals surface area contributed by atoms with Gasteiger partial charge in [0.05, 0.1) is 35.2 Å². The van der Waals surface area contributed by atoms with Crippen LogP contribution in [-0.4, -0.2) is 74.9 Å². The Balaban J connectivity index is 1.28. The fourth-order valence-corrected chi connectivity index (χ4v) is 5.14. The summed E-state index contributed by atoms with van der Waals surface area (Å²) in [5.74, 6) is -0.741. The maximum Gasteiger partial charge on any atom is 0.274 e. The number of amides is 2. The molecule has 0 unspecified atom stereocenters. The SMILES string of the molecule is COc1cc2ncnc(Nc3ccc(Oc4nn(CC(=O)NC(C)(C)C)cc4F)cc3Cl)c2cc1NC(=O)/C=C/CN1CC[C@H](F)C1. The predicted octanol–water partition coefficient (Wildman–Crippen LogP) is 5.62. The molecule has 1 fully saturated rings. The van der Waals surface area contributed by atoms with Gasteiger partial charge in [-0.3, -0.25) is 19.2 Å². The highest BCUT2D eigenvalue weighted by Crippen LogP contribution is 2.36. The van der Waals surface area contributed by atoms with Gasteiger partial charge in [-0.25, -0.2) is 14.4 Å². The van der Waals surface area contributed by atoms with E-state index in [1.54, 1.807) is 30.3 Å². The smallest absolute Gasteiger partial charge is 0.274 e. The van der Waals surface area contributed by atoms with E-state index in [1.807, 2.05) is 25.7 Å². The summed E-state index contributed by atoms with van der Waals surface area (Å²) in [7, 11) is 1.48. The summed E-state index contributed by atoms with van der Waals surface area (Å²) >= 11 is 6.56. The van der Waals surface area contributed by atoms with Crippen LogP contribution in [0.15, 0.2) is 55.0 Å². The minimum atomic E-state index is -0.828. The number of halogens is 3. The molecule has 5 rings (SSSR count). The highest BCUT2D eigenvalue weighted by atomic mass is 35.5. The number of nitrogens with one attached hydrogen (secondary N) is 3. The van der Waals surface area contributed by atoms with Crippen LogP contribution in [0.2, 0.25) is 5.02 Å². The standard InChI is InChI=1S/C32H35ClF2N8O4/c1-32(2,3)40-29(45)17-43-16-23(35)31(41-43)47-20-7-8-24(22(33)12-20)39-30-21-13-26(27(46-4)14-25(21)36-18-37-30)38-28(44)6-5-10-42-11-9-19(34)15-42/h5-8,12-14,16,18-19H,9-11,15,17H2,1-4H3,(H,38,44)(H,40,45)(H,36,37,39)/b6-5+/t19-/m0/s1. The van der Waals surface area contributed by atoms with Gasteiger partial charge in [-0.05, 0) is 45.4 Å². The highest BCUT2D eigenvalue weighted by molar-refractivity contribution is 6.33. The highest BCUT2D eigenvalue weighted by Gasteiger charge is 2.21. The maximum absolute atomic E-state index is 14.6. The number of likely N-dealkylation sites (tertiary alicyclic amines) is 1. The molecule has 0 radical (unpaired) electrons. The van der Waals surface area contributed by atoms with Crippen LogP contribution in [0.1, 0.15) is 27.2 Å². The number of carbonyl (C=O) groups is 2. The molecular formula is C32H35ClF2N8O4. The molecule has 0 saturated carbocycles. The molecule has 47 heavy (non-hydrogen) atoms. The Bertz CT molecular complexity index is 1810. The monoisotopic (exact) mass is 668 g/mol. The van der Waals surface area contributed by atoms with Crippen molar-refractivity contribution in [3.8, 4) is 17.4 Å². The van der Waals surface area contributed by atoms with Crippen molar-refractivity contribution < 1.29 is 27.8 Å². The number of methoxy groups -OCH3 is 1. The Kier molecular flexibility index (Phi) is 10.2.